The van der Waals surface area contributed by atoms with Gasteiger partial charge >= 0.3 is 0 Å². The lowest BCUT2D eigenvalue weighted by Crippen LogP contribution is -1.98. The van der Waals surface area contributed by atoms with Crippen LogP contribution < -0.4 is 4.74 Å². The number of hydrogen-bond acceptors (Lipinski definition) is 3. The number of rotatable bonds is 4. The van der Waals surface area contributed by atoms with Gasteiger partial charge in [-0.05, 0) is 25.1 Å². The third-order valence-electron chi connectivity index (χ3n) is 2.18. The molecule has 0 spiro atoms. The lowest BCUT2D eigenvalue weighted by molar-refractivity contribution is 0.302. The summed E-state index contributed by atoms with van der Waals surface area (Å²) >= 11 is 4.88. The Morgan fingerprint density at radius 1 is 1.47 bits per heavy atom. The van der Waals surface area contributed by atoms with Gasteiger partial charge in [0.2, 0.25) is 0 Å². The van der Waals surface area contributed by atoms with Crippen LogP contribution in [0, 0.1) is 12.7 Å². The Kier molecular flexibility index (Phi) is 4.12. The molecule has 2 aromatic rings. The molecule has 0 radical (unpaired) electrons. The molecular formula is C12H11BrFNOS. The normalized spacial score (nSPS) is 10.5. The minimum absolute atomic E-state index is 0.253. The van der Waals surface area contributed by atoms with E-state index in [-0.39, 0.29) is 5.82 Å². The maximum Gasteiger partial charge on any atom is 0.140 e. The summed E-state index contributed by atoms with van der Waals surface area (Å²) < 4.78 is 18.6. The first-order valence-corrected chi connectivity index (χ1v) is 7.07. The van der Waals surface area contributed by atoms with Crippen molar-refractivity contribution in [3.05, 3.63) is 45.7 Å². The minimum Gasteiger partial charge on any atom is -0.486 e. The highest BCUT2D eigenvalue weighted by molar-refractivity contribution is 9.08. The lowest BCUT2D eigenvalue weighted by atomic mass is 10.2. The van der Waals surface area contributed by atoms with Crippen LogP contribution in [0.1, 0.15) is 16.3 Å². The fourth-order valence-corrected chi connectivity index (χ4v) is 2.52. The van der Waals surface area contributed by atoms with E-state index in [0.717, 1.165) is 16.3 Å². The van der Waals surface area contributed by atoms with Gasteiger partial charge < -0.3 is 4.74 Å². The molecule has 90 valence electrons. The van der Waals surface area contributed by atoms with Crippen LogP contribution in [0.5, 0.6) is 5.75 Å². The molecular weight excluding hydrogens is 305 g/mol. The van der Waals surface area contributed by atoms with E-state index in [9.17, 15) is 4.39 Å². The Morgan fingerprint density at radius 3 is 2.94 bits per heavy atom. The number of ether oxygens (including phenoxy) is 1. The smallest absolute Gasteiger partial charge is 0.140 e. The number of aryl methyl sites for hydroxylation is 1. The van der Waals surface area contributed by atoms with Crippen LogP contribution in [-0.4, -0.2) is 4.98 Å². The van der Waals surface area contributed by atoms with Crippen molar-refractivity contribution < 1.29 is 9.13 Å². The Labute approximate surface area is 112 Å². The highest BCUT2D eigenvalue weighted by Gasteiger charge is 2.06. The van der Waals surface area contributed by atoms with Crippen LogP contribution in [0.3, 0.4) is 0 Å². The van der Waals surface area contributed by atoms with Gasteiger partial charge in [-0.15, -0.1) is 11.3 Å². The number of benzene rings is 1. The summed E-state index contributed by atoms with van der Waals surface area (Å²) in [6.45, 7) is 2.37. The second kappa shape index (κ2) is 5.60. The number of aromatic nitrogens is 1. The molecule has 17 heavy (non-hydrogen) atoms. The summed E-state index contributed by atoms with van der Waals surface area (Å²) in [7, 11) is 0. The number of halogens is 2. The molecule has 2 rings (SSSR count). The molecule has 0 aliphatic heterocycles. The van der Waals surface area contributed by atoms with E-state index in [1.54, 1.807) is 17.4 Å². The molecule has 0 unspecified atom stereocenters. The molecule has 0 aliphatic rings. The van der Waals surface area contributed by atoms with Crippen molar-refractivity contribution in [3.63, 3.8) is 0 Å². The van der Waals surface area contributed by atoms with Gasteiger partial charge in [0.15, 0.2) is 0 Å². The van der Waals surface area contributed by atoms with E-state index in [2.05, 4.69) is 20.9 Å². The van der Waals surface area contributed by atoms with Gasteiger partial charge in [0.1, 0.15) is 23.2 Å². The van der Waals surface area contributed by atoms with E-state index in [4.69, 9.17) is 4.74 Å². The Hall–Kier alpha value is -0.940. The first-order chi connectivity index (χ1) is 8.19. The molecule has 0 bridgehead atoms. The summed E-state index contributed by atoms with van der Waals surface area (Å²) in [5, 5.41) is 3.47. The standard InChI is InChI=1S/C12H11BrFNOS/c1-8-7-17-12(15-8)6-16-11-3-2-10(14)4-9(11)5-13/h2-4,7H,5-6H2,1H3. The molecule has 0 fully saturated rings. The summed E-state index contributed by atoms with van der Waals surface area (Å²) in [6.07, 6.45) is 0. The van der Waals surface area contributed by atoms with Crippen molar-refractivity contribution in [2.75, 3.05) is 0 Å². The van der Waals surface area contributed by atoms with Crippen LogP contribution in [0.2, 0.25) is 0 Å². The molecule has 2 nitrogen and oxygen atoms in total. The largest absolute Gasteiger partial charge is 0.486 e. The van der Waals surface area contributed by atoms with Crippen LogP contribution in [-0.2, 0) is 11.9 Å². The van der Waals surface area contributed by atoms with E-state index >= 15 is 0 Å². The lowest BCUT2D eigenvalue weighted by Gasteiger charge is -2.08. The quantitative estimate of drug-likeness (QED) is 0.794. The van der Waals surface area contributed by atoms with Crippen LogP contribution in [0.25, 0.3) is 0 Å². The van der Waals surface area contributed by atoms with Gasteiger partial charge in [-0.25, -0.2) is 9.37 Å². The highest BCUT2D eigenvalue weighted by Crippen LogP contribution is 2.23. The third kappa shape index (κ3) is 3.26. The second-order valence-corrected chi connectivity index (χ2v) is 5.06. The molecule has 0 saturated heterocycles. The first-order valence-electron chi connectivity index (χ1n) is 5.07. The van der Waals surface area contributed by atoms with E-state index in [1.165, 1.54) is 12.1 Å². The monoisotopic (exact) mass is 315 g/mol. The maximum atomic E-state index is 13.0. The Bertz CT molecular complexity index is 515. The number of alkyl halides is 1. The molecule has 0 aliphatic carbocycles. The van der Waals surface area contributed by atoms with Crippen molar-refractivity contribution in [2.45, 2.75) is 18.9 Å². The Balaban J connectivity index is 2.08. The van der Waals surface area contributed by atoms with Gasteiger partial charge in [0.05, 0.1) is 0 Å². The average molecular weight is 316 g/mol. The van der Waals surface area contributed by atoms with Crippen LogP contribution >= 0.6 is 27.3 Å². The van der Waals surface area contributed by atoms with E-state index < -0.39 is 0 Å². The zero-order valence-corrected chi connectivity index (χ0v) is 11.6. The topological polar surface area (TPSA) is 22.1 Å². The summed E-state index contributed by atoms with van der Waals surface area (Å²) in [4.78, 5) is 4.31. The van der Waals surface area contributed by atoms with Gasteiger partial charge in [-0.1, -0.05) is 15.9 Å². The van der Waals surface area contributed by atoms with E-state index in [0.29, 0.717) is 17.7 Å². The highest BCUT2D eigenvalue weighted by atomic mass is 79.9. The third-order valence-corrected chi connectivity index (χ3v) is 3.73. The molecule has 1 aromatic heterocycles. The van der Waals surface area contributed by atoms with Crippen molar-refractivity contribution in [2.24, 2.45) is 0 Å². The predicted molar refractivity (Wildman–Crippen MR) is 70.2 cm³/mol. The van der Waals surface area contributed by atoms with E-state index in [1.807, 2.05) is 12.3 Å². The number of nitrogens with zero attached hydrogens (tertiary/aromatic N) is 1. The minimum atomic E-state index is -0.253. The van der Waals surface area contributed by atoms with Gasteiger partial charge in [0, 0.05) is 22.0 Å². The zero-order valence-electron chi connectivity index (χ0n) is 9.24. The first kappa shape index (κ1) is 12.5. The molecule has 0 saturated carbocycles. The van der Waals surface area contributed by atoms with Gasteiger partial charge in [-0.2, -0.15) is 0 Å². The van der Waals surface area contributed by atoms with Crippen molar-refractivity contribution in [3.8, 4) is 5.75 Å². The molecule has 0 atom stereocenters. The van der Waals surface area contributed by atoms with Crippen LogP contribution in [0.15, 0.2) is 23.6 Å². The maximum absolute atomic E-state index is 13.0. The molecule has 5 heteroatoms. The summed E-state index contributed by atoms with van der Waals surface area (Å²) in [5.41, 5.74) is 1.80. The average Bonchev–Trinajstić information content (AvgIpc) is 2.73. The zero-order chi connectivity index (χ0) is 12.3. The van der Waals surface area contributed by atoms with Gasteiger partial charge in [-0.3, -0.25) is 0 Å². The molecule has 1 heterocycles. The Morgan fingerprint density at radius 2 is 2.29 bits per heavy atom. The summed E-state index contributed by atoms with van der Waals surface area (Å²) in [5.74, 6) is 0.438. The fraction of sp³-hybridized carbons (Fsp3) is 0.250. The van der Waals surface area contributed by atoms with Crippen molar-refractivity contribution in [1.29, 1.82) is 0 Å². The van der Waals surface area contributed by atoms with Crippen LogP contribution in [0.4, 0.5) is 4.39 Å². The molecule has 0 N–H and O–H groups in total. The van der Waals surface area contributed by atoms with Crippen molar-refractivity contribution in [1.82, 2.24) is 4.98 Å². The van der Waals surface area contributed by atoms with Gasteiger partial charge in [0.25, 0.3) is 0 Å². The van der Waals surface area contributed by atoms with Crippen molar-refractivity contribution >= 4 is 27.3 Å². The SMILES string of the molecule is Cc1csc(COc2ccc(F)cc2CBr)n1. The molecule has 1 aromatic carbocycles. The summed E-state index contributed by atoms with van der Waals surface area (Å²) in [6, 6.07) is 4.51. The predicted octanol–water partition coefficient (Wildman–Crippen LogP) is 4.06. The molecule has 0 amide bonds. The second-order valence-electron chi connectivity index (χ2n) is 3.56. The number of hydrogen-bond donors (Lipinski definition) is 0. The fourth-order valence-electron chi connectivity index (χ4n) is 1.40. The number of thiazole rings is 1.